The summed E-state index contributed by atoms with van der Waals surface area (Å²) in [5, 5.41) is 22.1. The zero-order valence-corrected chi connectivity index (χ0v) is 8.28. The monoisotopic (exact) mass is 215 g/mol. The van der Waals surface area contributed by atoms with Gasteiger partial charge < -0.3 is 15.1 Å². The Balaban J connectivity index is 0.000000213. The maximum Gasteiger partial charge on any atom is 0.631 e. The van der Waals surface area contributed by atoms with Crippen LogP contribution in [0, 0.1) is 0 Å². The Labute approximate surface area is 87.4 Å². The summed E-state index contributed by atoms with van der Waals surface area (Å²) in [7, 11) is -2.17. The molecule has 4 nitrogen and oxygen atoms in total. The van der Waals surface area contributed by atoms with Crippen molar-refractivity contribution in [3.05, 3.63) is 28.5 Å². The predicted octanol–water partition coefficient (Wildman–Crippen LogP) is 0.172. The molecule has 6 heteroatoms. The van der Waals surface area contributed by atoms with Crippen LogP contribution in [0.1, 0.15) is 17.7 Å². The van der Waals surface area contributed by atoms with E-state index in [-0.39, 0.29) is 0 Å². The first kappa shape index (κ1) is 11.5. The van der Waals surface area contributed by atoms with Crippen LogP contribution < -0.4 is 0 Å². The van der Waals surface area contributed by atoms with Gasteiger partial charge in [0.25, 0.3) is 0 Å². The van der Waals surface area contributed by atoms with E-state index < -0.39 is 7.32 Å². The predicted molar refractivity (Wildman–Crippen MR) is 53.7 cm³/mol. The number of aryl methyl sites for hydroxylation is 2. The largest absolute Gasteiger partial charge is 0.631 e. The third-order valence-corrected chi connectivity index (χ3v) is 2.10. The minimum Gasteiger partial charge on any atom is -0.402 e. The fraction of sp³-hybridized carbons (Fsp3) is 0.375. The Morgan fingerprint density at radius 2 is 1.86 bits per heavy atom. The number of aromatic nitrogens is 1. The molecular weight excluding hydrogens is 204 g/mol. The van der Waals surface area contributed by atoms with Crippen LogP contribution in [0.15, 0.2) is 12.1 Å². The molecular formula is C8H11BClNO3. The third-order valence-electron chi connectivity index (χ3n) is 1.89. The van der Waals surface area contributed by atoms with Crippen LogP contribution >= 0.6 is 11.6 Å². The van der Waals surface area contributed by atoms with Crippen molar-refractivity contribution in [2.45, 2.75) is 19.3 Å². The molecule has 0 aromatic carbocycles. The van der Waals surface area contributed by atoms with Gasteiger partial charge in [-0.1, -0.05) is 17.7 Å². The molecule has 2 rings (SSSR count). The standard InChI is InChI=1S/C8H8ClN.BH3O3/c9-8-5-4-6-2-1-3-7(6)10-8;2-1(3)4/h4-5H,1-3H2;2-4H. The van der Waals surface area contributed by atoms with E-state index in [9.17, 15) is 0 Å². The van der Waals surface area contributed by atoms with Crippen LogP contribution in [0.3, 0.4) is 0 Å². The van der Waals surface area contributed by atoms with Crippen LogP contribution in [0.4, 0.5) is 0 Å². The van der Waals surface area contributed by atoms with Gasteiger partial charge in [0, 0.05) is 5.69 Å². The highest BCUT2D eigenvalue weighted by Gasteiger charge is 2.11. The number of hydrogen-bond donors (Lipinski definition) is 3. The van der Waals surface area contributed by atoms with Crippen LogP contribution in [-0.4, -0.2) is 27.4 Å². The molecule has 0 saturated carbocycles. The lowest BCUT2D eigenvalue weighted by Crippen LogP contribution is -2.07. The Hall–Kier alpha value is -0.615. The Morgan fingerprint density at radius 1 is 1.21 bits per heavy atom. The van der Waals surface area contributed by atoms with E-state index in [0.29, 0.717) is 5.15 Å². The van der Waals surface area contributed by atoms with E-state index in [0.717, 1.165) is 6.42 Å². The SMILES string of the molecule is Clc1ccc2c(n1)CCC2.OB(O)O. The van der Waals surface area contributed by atoms with Crippen molar-refractivity contribution in [1.29, 1.82) is 0 Å². The van der Waals surface area contributed by atoms with Crippen molar-refractivity contribution in [1.82, 2.24) is 4.98 Å². The topological polar surface area (TPSA) is 73.6 Å². The second-order valence-electron chi connectivity index (χ2n) is 2.94. The van der Waals surface area contributed by atoms with Gasteiger partial charge in [-0.25, -0.2) is 4.98 Å². The molecule has 76 valence electrons. The smallest absolute Gasteiger partial charge is 0.402 e. The molecule has 1 heterocycles. The van der Waals surface area contributed by atoms with Crippen LogP contribution in [0.5, 0.6) is 0 Å². The van der Waals surface area contributed by atoms with Gasteiger partial charge in [0.2, 0.25) is 0 Å². The normalized spacial score (nSPS) is 12.9. The van der Waals surface area contributed by atoms with Gasteiger partial charge in [0.15, 0.2) is 0 Å². The van der Waals surface area contributed by atoms with E-state index in [4.69, 9.17) is 26.7 Å². The maximum absolute atomic E-state index is 7.17. The van der Waals surface area contributed by atoms with Gasteiger partial charge in [0.1, 0.15) is 5.15 Å². The van der Waals surface area contributed by atoms with Gasteiger partial charge >= 0.3 is 7.32 Å². The molecule has 0 saturated heterocycles. The lowest BCUT2D eigenvalue weighted by atomic mass is 10.2. The Bertz CT molecular complexity index is 306. The molecule has 0 fully saturated rings. The summed E-state index contributed by atoms with van der Waals surface area (Å²) in [6.45, 7) is 0. The minimum atomic E-state index is -2.17. The summed E-state index contributed by atoms with van der Waals surface area (Å²) in [5.74, 6) is 0. The molecule has 0 radical (unpaired) electrons. The van der Waals surface area contributed by atoms with Gasteiger partial charge in [-0.15, -0.1) is 0 Å². The molecule has 0 atom stereocenters. The zero-order valence-electron chi connectivity index (χ0n) is 7.52. The molecule has 0 spiro atoms. The summed E-state index contributed by atoms with van der Waals surface area (Å²) in [5.41, 5.74) is 2.58. The fourth-order valence-corrected chi connectivity index (χ4v) is 1.56. The van der Waals surface area contributed by atoms with Gasteiger partial charge in [-0.3, -0.25) is 0 Å². The maximum atomic E-state index is 7.17. The van der Waals surface area contributed by atoms with Gasteiger partial charge in [-0.2, -0.15) is 0 Å². The molecule has 1 aromatic heterocycles. The second kappa shape index (κ2) is 5.31. The average molecular weight is 215 g/mol. The molecule has 14 heavy (non-hydrogen) atoms. The number of fused-ring (bicyclic) bond motifs is 1. The summed E-state index contributed by atoms with van der Waals surface area (Å²) >= 11 is 5.71. The highest BCUT2D eigenvalue weighted by atomic mass is 35.5. The van der Waals surface area contributed by atoms with Crippen molar-refractivity contribution in [2.24, 2.45) is 0 Å². The summed E-state index contributed by atoms with van der Waals surface area (Å²) in [6.07, 6.45) is 3.53. The lowest BCUT2D eigenvalue weighted by Gasteiger charge is -1.95. The molecule has 0 amide bonds. The van der Waals surface area contributed by atoms with Crippen molar-refractivity contribution >= 4 is 18.9 Å². The van der Waals surface area contributed by atoms with Crippen molar-refractivity contribution < 1.29 is 15.1 Å². The van der Waals surface area contributed by atoms with Crippen LogP contribution in [0.25, 0.3) is 0 Å². The highest BCUT2D eigenvalue weighted by Crippen LogP contribution is 2.21. The molecule has 0 unspecified atom stereocenters. The Kier molecular flexibility index (Phi) is 4.35. The lowest BCUT2D eigenvalue weighted by molar-refractivity contribution is 0.278. The van der Waals surface area contributed by atoms with E-state index in [1.807, 2.05) is 6.07 Å². The molecule has 3 N–H and O–H groups in total. The first-order chi connectivity index (χ1) is 6.59. The van der Waals surface area contributed by atoms with E-state index >= 15 is 0 Å². The fourth-order valence-electron chi connectivity index (χ4n) is 1.39. The van der Waals surface area contributed by atoms with Crippen LogP contribution in [0.2, 0.25) is 5.15 Å². The van der Waals surface area contributed by atoms with Crippen molar-refractivity contribution in [2.75, 3.05) is 0 Å². The number of rotatable bonds is 0. The van der Waals surface area contributed by atoms with E-state index in [1.54, 1.807) is 0 Å². The summed E-state index contributed by atoms with van der Waals surface area (Å²) in [4.78, 5) is 4.22. The molecule has 1 aromatic rings. The molecule has 0 aliphatic heterocycles. The third kappa shape index (κ3) is 3.63. The molecule has 1 aliphatic rings. The minimum absolute atomic E-state index is 0.626. The number of hydrogen-bond acceptors (Lipinski definition) is 4. The number of nitrogens with zero attached hydrogens (tertiary/aromatic N) is 1. The molecule has 1 aliphatic carbocycles. The van der Waals surface area contributed by atoms with Crippen LogP contribution in [-0.2, 0) is 12.8 Å². The van der Waals surface area contributed by atoms with Crippen molar-refractivity contribution in [3.63, 3.8) is 0 Å². The average Bonchev–Trinajstić information content (AvgIpc) is 2.49. The van der Waals surface area contributed by atoms with Gasteiger partial charge in [0.05, 0.1) is 0 Å². The summed E-state index contributed by atoms with van der Waals surface area (Å²) < 4.78 is 0. The first-order valence-electron chi connectivity index (χ1n) is 4.28. The molecule has 0 bridgehead atoms. The van der Waals surface area contributed by atoms with E-state index in [2.05, 4.69) is 11.1 Å². The van der Waals surface area contributed by atoms with Crippen molar-refractivity contribution in [3.8, 4) is 0 Å². The van der Waals surface area contributed by atoms with Gasteiger partial charge in [-0.05, 0) is 30.9 Å². The zero-order chi connectivity index (χ0) is 10.6. The summed E-state index contributed by atoms with van der Waals surface area (Å²) in [6, 6.07) is 3.95. The number of pyridine rings is 1. The number of halogens is 1. The first-order valence-corrected chi connectivity index (χ1v) is 4.66. The Morgan fingerprint density at radius 3 is 2.50 bits per heavy atom. The quantitative estimate of drug-likeness (QED) is 0.426. The van der Waals surface area contributed by atoms with E-state index in [1.165, 1.54) is 24.1 Å². The highest BCUT2D eigenvalue weighted by molar-refractivity contribution is 6.30. The second-order valence-corrected chi connectivity index (χ2v) is 3.33.